The lowest BCUT2D eigenvalue weighted by atomic mass is 10.1. The van der Waals surface area contributed by atoms with Crippen molar-refractivity contribution in [3.8, 4) is 0 Å². The van der Waals surface area contributed by atoms with Crippen molar-refractivity contribution in [3.05, 3.63) is 36.5 Å². The minimum absolute atomic E-state index is 0.0936. The summed E-state index contributed by atoms with van der Waals surface area (Å²) in [5.41, 5.74) is 5.48. The molecule has 51 heavy (non-hydrogen) atoms. The van der Waals surface area contributed by atoms with E-state index in [-0.39, 0.29) is 18.0 Å². The van der Waals surface area contributed by atoms with Gasteiger partial charge in [0.05, 0.1) is 0 Å². The van der Waals surface area contributed by atoms with E-state index in [9.17, 15) is 19.5 Å². The smallest absolute Gasteiger partial charge is 0.326 e. The zero-order valence-electron chi connectivity index (χ0n) is 33.2. The van der Waals surface area contributed by atoms with Crippen molar-refractivity contribution >= 4 is 17.8 Å². The number of allylic oxidation sites excluding steroid dienone is 5. The molecule has 7 heteroatoms. The van der Waals surface area contributed by atoms with E-state index in [0.29, 0.717) is 38.6 Å². The molecule has 2 atom stereocenters. The van der Waals surface area contributed by atoms with Crippen LogP contribution >= 0.6 is 0 Å². The highest BCUT2D eigenvalue weighted by molar-refractivity contribution is 5.83. The average Bonchev–Trinajstić information content (AvgIpc) is 3.11. The van der Waals surface area contributed by atoms with Gasteiger partial charge in [-0.05, 0) is 96.1 Å². The molecule has 296 valence electrons. The summed E-state index contributed by atoms with van der Waals surface area (Å²) in [7, 11) is 0. The van der Waals surface area contributed by atoms with Crippen molar-refractivity contribution in [1.29, 1.82) is 0 Å². The largest absolute Gasteiger partial charge is 0.480 e. The van der Waals surface area contributed by atoms with Crippen LogP contribution < -0.4 is 11.1 Å². The molecule has 2 unspecified atom stereocenters. The van der Waals surface area contributed by atoms with E-state index in [0.717, 1.165) is 51.4 Å². The summed E-state index contributed by atoms with van der Waals surface area (Å²) in [6, 6.07) is -0.870. The van der Waals surface area contributed by atoms with Gasteiger partial charge in [-0.2, -0.15) is 0 Å². The van der Waals surface area contributed by atoms with E-state index < -0.39 is 12.0 Å². The highest BCUT2D eigenvalue weighted by atomic mass is 16.5. The van der Waals surface area contributed by atoms with Gasteiger partial charge in [-0.25, -0.2) is 4.79 Å². The molecule has 7 nitrogen and oxygen atoms in total. The Morgan fingerprint density at radius 1 is 0.588 bits per heavy atom. The summed E-state index contributed by atoms with van der Waals surface area (Å²) >= 11 is 0. The number of carbonyl (C=O) groups is 3. The number of unbranched alkanes of at least 4 members (excludes halogenated alkanes) is 20. The number of nitrogens with one attached hydrogen (secondary N) is 1. The van der Waals surface area contributed by atoms with Gasteiger partial charge in [-0.15, -0.1) is 0 Å². The number of aliphatic carboxylic acids is 1. The number of hydrogen-bond donors (Lipinski definition) is 3. The number of rotatable bonds is 38. The molecule has 0 aliphatic rings. The molecule has 0 saturated carbocycles. The molecule has 0 heterocycles. The van der Waals surface area contributed by atoms with Crippen molar-refractivity contribution in [3.63, 3.8) is 0 Å². The first kappa shape index (κ1) is 48.6. The van der Waals surface area contributed by atoms with Crippen LogP contribution in [0.3, 0.4) is 0 Å². The molecule has 0 rings (SSSR count). The predicted molar refractivity (Wildman–Crippen MR) is 216 cm³/mol. The van der Waals surface area contributed by atoms with Gasteiger partial charge in [0.2, 0.25) is 5.91 Å². The molecule has 0 aromatic heterocycles. The van der Waals surface area contributed by atoms with Crippen LogP contribution in [-0.2, 0) is 19.1 Å². The van der Waals surface area contributed by atoms with Gasteiger partial charge in [-0.3, -0.25) is 9.59 Å². The summed E-state index contributed by atoms with van der Waals surface area (Å²) in [5.74, 6) is -1.33. The third-order valence-electron chi connectivity index (χ3n) is 9.41. The van der Waals surface area contributed by atoms with E-state index in [1.54, 1.807) is 0 Å². The Bertz CT molecular complexity index is 900. The number of nitrogens with two attached hydrogens (primary N) is 1. The lowest BCUT2D eigenvalue weighted by molar-refractivity contribution is -0.147. The summed E-state index contributed by atoms with van der Waals surface area (Å²) in [6.07, 6.45) is 44.9. The number of amides is 1. The lowest BCUT2D eigenvalue weighted by Crippen LogP contribution is -2.40. The first-order chi connectivity index (χ1) is 24.9. The first-order valence-electron chi connectivity index (χ1n) is 21.3. The van der Waals surface area contributed by atoms with Gasteiger partial charge in [0.1, 0.15) is 12.1 Å². The van der Waals surface area contributed by atoms with Gasteiger partial charge in [0, 0.05) is 12.8 Å². The van der Waals surface area contributed by atoms with Gasteiger partial charge < -0.3 is 20.9 Å². The molecule has 1 amide bonds. The molecule has 0 saturated heterocycles. The third kappa shape index (κ3) is 35.8. The summed E-state index contributed by atoms with van der Waals surface area (Å²) in [6.45, 7) is 4.88. The number of carboxylic acid groups (broad SMARTS) is 1. The van der Waals surface area contributed by atoms with Gasteiger partial charge in [0.25, 0.3) is 0 Å². The van der Waals surface area contributed by atoms with Gasteiger partial charge >= 0.3 is 11.9 Å². The zero-order valence-corrected chi connectivity index (χ0v) is 33.2. The molecule has 4 N–H and O–H groups in total. The van der Waals surface area contributed by atoms with Crippen LogP contribution in [0.25, 0.3) is 0 Å². The van der Waals surface area contributed by atoms with E-state index in [2.05, 4.69) is 55.6 Å². The summed E-state index contributed by atoms with van der Waals surface area (Å²) in [4.78, 5) is 36.3. The fraction of sp³-hybridized carbons (Fsp3) is 0.795. The van der Waals surface area contributed by atoms with Crippen LogP contribution in [0.1, 0.15) is 206 Å². The van der Waals surface area contributed by atoms with Gasteiger partial charge in [0.15, 0.2) is 0 Å². The average molecular weight is 717 g/mol. The Hall–Kier alpha value is -2.41. The van der Waals surface area contributed by atoms with Crippen LogP contribution in [-0.4, -0.2) is 41.6 Å². The van der Waals surface area contributed by atoms with Crippen LogP contribution in [0, 0.1) is 0 Å². The van der Waals surface area contributed by atoms with Crippen LogP contribution in [0.15, 0.2) is 36.5 Å². The Labute approximate surface area is 314 Å². The highest BCUT2D eigenvalue weighted by Crippen LogP contribution is 2.16. The fourth-order valence-corrected chi connectivity index (χ4v) is 6.15. The van der Waals surface area contributed by atoms with E-state index in [4.69, 9.17) is 10.5 Å². The zero-order chi connectivity index (χ0) is 37.5. The topological polar surface area (TPSA) is 119 Å². The number of carboxylic acids is 1. The Kier molecular flexibility index (Phi) is 37.0. The Morgan fingerprint density at radius 3 is 1.67 bits per heavy atom. The minimum atomic E-state index is -1.01. The molecule has 0 aromatic carbocycles. The normalized spacial score (nSPS) is 13.0. The lowest BCUT2D eigenvalue weighted by Gasteiger charge is -2.15. The number of ether oxygens (including phenoxy) is 1. The third-order valence-corrected chi connectivity index (χ3v) is 9.41. The maximum absolute atomic E-state index is 12.7. The molecule has 0 radical (unpaired) electrons. The fourth-order valence-electron chi connectivity index (χ4n) is 6.15. The van der Waals surface area contributed by atoms with Crippen molar-refractivity contribution in [2.75, 3.05) is 6.54 Å². The maximum atomic E-state index is 12.7. The molecular formula is C44H80N2O5. The molecule has 0 fully saturated rings. The molecule has 0 bridgehead atoms. The van der Waals surface area contributed by atoms with Crippen LogP contribution in [0.4, 0.5) is 0 Å². The van der Waals surface area contributed by atoms with Crippen molar-refractivity contribution in [2.24, 2.45) is 5.73 Å². The second kappa shape index (κ2) is 38.8. The number of esters is 1. The molecule has 0 aliphatic carbocycles. The second-order valence-corrected chi connectivity index (χ2v) is 14.4. The second-order valence-electron chi connectivity index (χ2n) is 14.4. The van der Waals surface area contributed by atoms with Crippen molar-refractivity contribution in [1.82, 2.24) is 5.32 Å². The minimum Gasteiger partial charge on any atom is -0.480 e. The van der Waals surface area contributed by atoms with Crippen molar-refractivity contribution in [2.45, 2.75) is 219 Å². The quantitative estimate of drug-likeness (QED) is 0.0332. The summed E-state index contributed by atoms with van der Waals surface area (Å²) in [5, 5.41) is 11.9. The van der Waals surface area contributed by atoms with Crippen LogP contribution in [0.2, 0.25) is 0 Å². The van der Waals surface area contributed by atoms with Crippen LogP contribution in [0.5, 0.6) is 0 Å². The predicted octanol–water partition coefficient (Wildman–Crippen LogP) is 11.8. The van der Waals surface area contributed by atoms with Gasteiger partial charge in [-0.1, -0.05) is 141 Å². The van der Waals surface area contributed by atoms with E-state index >= 15 is 0 Å². The van der Waals surface area contributed by atoms with E-state index in [1.807, 2.05) is 0 Å². The van der Waals surface area contributed by atoms with Crippen molar-refractivity contribution < 1.29 is 24.2 Å². The SMILES string of the molecule is CCCCC/C=C\C/C=C\CCCCCCCCCCCC(=O)OC(/C=C\CCCCCCC)CCCCCCC(=O)NC(CCCN)C(=O)O. The monoisotopic (exact) mass is 717 g/mol. The first-order valence-corrected chi connectivity index (χ1v) is 21.3. The highest BCUT2D eigenvalue weighted by Gasteiger charge is 2.19. The number of carbonyl (C=O) groups excluding carboxylic acids is 2. The molecule has 0 aliphatic heterocycles. The molecular weight excluding hydrogens is 636 g/mol. The number of hydrogen-bond acceptors (Lipinski definition) is 5. The Balaban J connectivity index is 4.17. The van der Waals surface area contributed by atoms with E-state index in [1.165, 1.54) is 109 Å². The Morgan fingerprint density at radius 2 is 1.08 bits per heavy atom. The summed E-state index contributed by atoms with van der Waals surface area (Å²) < 4.78 is 5.91. The maximum Gasteiger partial charge on any atom is 0.326 e. The molecule has 0 spiro atoms. The molecule has 0 aromatic rings. The standard InChI is InChI=1S/C44H80N2O5/c1-3-5-7-9-11-12-13-14-15-16-17-18-19-20-21-22-24-26-32-38-43(48)51-40(34-29-25-23-10-8-6-4-2)35-30-27-28-31-37-42(47)46-41(44(49)50)36-33-39-45/h11-12,14-15,29,34,40-41H,3-10,13,16-28,30-33,35-39,45H2,1-2H3,(H,46,47)(H,49,50)/b12-11-,15-14-,34-29-.